The highest BCUT2D eigenvalue weighted by molar-refractivity contribution is 5.68. The number of rotatable bonds is 0. The topological polar surface area (TPSA) is 44.3 Å². The molecular formula is C111H205N5O2. The number of nitrogens with zero attached hydrogens (tertiary/aromatic N) is 5. The Balaban J connectivity index is 0.00000132. The number of aromatic nitrogens is 1. The highest BCUT2D eigenvalue weighted by atomic mass is 16.5. The molecule has 686 valence electrons. The van der Waals surface area contributed by atoms with E-state index in [0.717, 1.165) is 151 Å². The van der Waals surface area contributed by atoms with E-state index in [4.69, 9.17) is 9.47 Å². The molecule has 2 saturated carbocycles. The van der Waals surface area contributed by atoms with Crippen molar-refractivity contribution in [2.75, 3.05) is 70.8 Å². The fourth-order valence-corrected chi connectivity index (χ4v) is 20.5. The summed E-state index contributed by atoms with van der Waals surface area (Å²) >= 11 is 0. The normalized spacial score (nSPS) is 26.1. The number of benzene rings is 3. The van der Waals surface area contributed by atoms with Crippen LogP contribution in [0.25, 0.3) is 0 Å². The number of likely N-dealkylation sites (tertiary alicyclic amines) is 2. The fraction of sp³-hybridized carbons (Fsp3) is 0.793. The lowest BCUT2D eigenvalue weighted by atomic mass is 9.58. The van der Waals surface area contributed by atoms with Crippen LogP contribution in [0.1, 0.15) is 387 Å². The molecule has 4 aromatic rings. The Morgan fingerprint density at radius 3 is 1.03 bits per heavy atom. The largest absolute Gasteiger partial charge is 0.491 e. The summed E-state index contributed by atoms with van der Waals surface area (Å²) in [6.07, 6.45) is 5.31. The van der Waals surface area contributed by atoms with E-state index < -0.39 is 0 Å². The molecule has 7 heteroatoms. The average Bonchev–Trinajstić information content (AvgIpc) is 0.938. The zero-order chi connectivity index (χ0) is 90.8. The van der Waals surface area contributed by atoms with Crippen LogP contribution in [0.15, 0.2) is 24.3 Å². The van der Waals surface area contributed by atoms with Gasteiger partial charge in [-0.2, -0.15) is 0 Å². The Labute approximate surface area is 739 Å². The van der Waals surface area contributed by atoms with Gasteiger partial charge in [-0.25, -0.2) is 0 Å². The standard InChI is InChI=1S/C16H25NO.C15H23NO.C14H28.C14H22.C13H27N.C12H19N.C12H24.C11H23N.C2H6.2CH4/c1-11-12(2)15-14(10-13(11)16(3,4)5)17(6)8-7-9-18-15;1-10-11(2)14-13(16(6)7-8-17-14)9-12(10)15(3,4)5;2*1-9-8-13(14(5,6)7)12(4)11(3)10(9)2;1-9-8-12(13(4,5)6)10(2)11(3)14(9)7;1-8-7-11(12(4,5)6)9(2)10(3)13-8;1-8-7-11(12(4,5)6)10(3)9(8)2;1-8-9(2)12(6)7-10(8)11(3,4)5;1-2;;/h10H,7-9H2,1-6H3;9H,7-8H2,1-6H3;9-13H,8H2,1-7H3;8H,1-7H3;9-12H,8H2,1-7H3;7H,1-6H3;8-11H,7H2,1-6H3;8-10H,7H2,1-6H3;1-2H3;2*1H4. The van der Waals surface area contributed by atoms with Crippen LogP contribution in [0.5, 0.6) is 11.5 Å². The third kappa shape index (κ3) is 30.4. The third-order valence-corrected chi connectivity index (χ3v) is 30.5. The Morgan fingerprint density at radius 2 is 0.669 bits per heavy atom. The first kappa shape index (κ1) is 114. The van der Waals surface area contributed by atoms with Crippen LogP contribution in [-0.4, -0.2) is 93.9 Å². The number of likely N-dealkylation sites (N-methyl/N-ethyl adjacent to an activating group) is 1. The number of ether oxygens (including phenoxy) is 2. The summed E-state index contributed by atoms with van der Waals surface area (Å²) in [4.78, 5) is 14.1. The van der Waals surface area contributed by atoms with E-state index in [0.29, 0.717) is 21.7 Å². The highest BCUT2D eigenvalue weighted by Gasteiger charge is 2.45. The number of pyridine rings is 1. The lowest BCUT2D eigenvalue weighted by Crippen LogP contribution is -2.51. The third-order valence-electron chi connectivity index (χ3n) is 30.5. The maximum absolute atomic E-state index is 5.96. The molecule has 0 N–H and O–H groups in total. The summed E-state index contributed by atoms with van der Waals surface area (Å²) in [6, 6.07) is 11.4. The van der Waals surface area contributed by atoms with Crippen molar-refractivity contribution < 1.29 is 9.47 Å². The summed E-state index contributed by atoms with van der Waals surface area (Å²) in [5, 5.41) is 0. The van der Waals surface area contributed by atoms with Crippen molar-refractivity contribution in [1.82, 2.24) is 14.8 Å². The van der Waals surface area contributed by atoms with Gasteiger partial charge in [0.2, 0.25) is 0 Å². The first-order chi connectivity index (χ1) is 52.4. The molecule has 3 aromatic carbocycles. The van der Waals surface area contributed by atoms with Gasteiger partial charge in [-0.05, 0) is 347 Å². The van der Waals surface area contributed by atoms with Crippen LogP contribution < -0.4 is 19.3 Å². The number of anilines is 2. The zero-order valence-corrected chi connectivity index (χ0v) is 87.5. The van der Waals surface area contributed by atoms with E-state index in [2.05, 4.69) is 402 Å². The molecule has 4 fully saturated rings. The fourth-order valence-electron chi connectivity index (χ4n) is 20.5. The number of piperidine rings is 1. The minimum Gasteiger partial charge on any atom is -0.491 e. The van der Waals surface area contributed by atoms with Crippen molar-refractivity contribution in [2.24, 2.45) is 98.6 Å². The van der Waals surface area contributed by atoms with Crippen molar-refractivity contribution >= 4 is 11.4 Å². The monoisotopic (exact) mass is 1640 g/mol. The first-order valence-corrected chi connectivity index (χ1v) is 46.8. The van der Waals surface area contributed by atoms with Gasteiger partial charge in [0, 0.05) is 56.7 Å². The van der Waals surface area contributed by atoms with Crippen LogP contribution in [0.2, 0.25) is 0 Å². The van der Waals surface area contributed by atoms with Crippen molar-refractivity contribution in [3.8, 4) is 11.5 Å². The number of hydrogen-bond acceptors (Lipinski definition) is 7. The summed E-state index contributed by atoms with van der Waals surface area (Å²) in [5.74, 6) is 13.7. The van der Waals surface area contributed by atoms with Crippen molar-refractivity contribution in [3.63, 3.8) is 0 Å². The second-order valence-corrected chi connectivity index (χ2v) is 47.1. The lowest BCUT2D eigenvalue weighted by Gasteiger charge is -2.49. The maximum atomic E-state index is 5.96. The number of fused-ring (bicyclic) bond motifs is 2. The molecule has 118 heavy (non-hydrogen) atoms. The van der Waals surface area contributed by atoms with Gasteiger partial charge in [0.1, 0.15) is 18.1 Å². The zero-order valence-electron chi connectivity index (χ0n) is 87.5. The molecule has 1 aromatic heterocycles. The molecule has 0 bridgehead atoms. The van der Waals surface area contributed by atoms with E-state index in [1.807, 2.05) is 13.8 Å². The predicted octanol–water partition coefficient (Wildman–Crippen LogP) is 31.6. The second kappa shape index (κ2) is 45.2. The number of aryl methyl sites for hydroxylation is 3. The van der Waals surface area contributed by atoms with Gasteiger partial charge in [-0.1, -0.05) is 263 Å². The molecule has 6 aliphatic rings. The van der Waals surface area contributed by atoms with Crippen LogP contribution >= 0.6 is 0 Å². The van der Waals surface area contributed by atoms with Gasteiger partial charge in [0.25, 0.3) is 0 Å². The molecule has 4 aliphatic heterocycles. The summed E-state index contributed by atoms with van der Waals surface area (Å²) < 4.78 is 11.8. The molecule has 2 aliphatic carbocycles. The minimum atomic E-state index is 0. The summed E-state index contributed by atoms with van der Waals surface area (Å²) in [5.41, 5.74) is 25.7. The highest BCUT2D eigenvalue weighted by Crippen LogP contribution is 2.52. The average molecular weight is 1640 g/mol. The van der Waals surface area contributed by atoms with Crippen molar-refractivity contribution in [2.45, 2.75) is 420 Å². The van der Waals surface area contributed by atoms with Crippen LogP contribution in [0.4, 0.5) is 11.4 Å². The van der Waals surface area contributed by atoms with Gasteiger partial charge >= 0.3 is 0 Å². The first-order valence-electron chi connectivity index (χ1n) is 46.8. The lowest BCUT2D eigenvalue weighted by molar-refractivity contribution is -0.00235. The van der Waals surface area contributed by atoms with Gasteiger partial charge in [0.15, 0.2) is 0 Å². The molecule has 10 rings (SSSR count). The molecule has 0 spiro atoms. The molecule has 0 radical (unpaired) electrons. The smallest absolute Gasteiger partial charge is 0.145 e. The Bertz CT molecular complexity index is 3580. The van der Waals surface area contributed by atoms with Crippen molar-refractivity contribution in [1.29, 1.82) is 0 Å². The van der Waals surface area contributed by atoms with Crippen LogP contribution in [0.3, 0.4) is 0 Å². The predicted molar refractivity (Wildman–Crippen MR) is 534 cm³/mol. The van der Waals surface area contributed by atoms with Gasteiger partial charge < -0.3 is 29.1 Å². The Morgan fingerprint density at radius 1 is 0.339 bits per heavy atom. The van der Waals surface area contributed by atoms with E-state index in [9.17, 15) is 0 Å². The van der Waals surface area contributed by atoms with Gasteiger partial charge in [0.05, 0.1) is 24.5 Å². The van der Waals surface area contributed by atoms with E-state index in [1.165, 1.54) is 110 Å². The molecule has 16 atom stereocenters. The maximum Gasteiger partial charge on any atom is 0.145 e. The molecule has 5 heterocycles. The quantitative estimate of drug-likeness (QED) is 0.174. The molecular weight excluding hydrogens is 1440 g/mol. The molecule has 0 amide bonds. The van der Waals surface area contributed by atoms with Crippen molar-refractivity contribution in [3.05, 3.63) is 108 Å². The molecule has 2 saturated heterocycles. The molecule has 7 nitrogen and oxygen atoms in total. The Hall–Kier alpha value is -4.07. The van der Waals surface area contributed by atoms with Crippen LogP contribution in [0, 0.1) is 175 Å². The number of hydrogen-bond donors (Lipinski definition) is 0. The summed E-state index contributed by atoms with van der Waals surface area (Å²) in [7, 11) is 8.81. The van der Waals surface area contributed by atoms with Crippen LogP contribution in [-0.2, 0) is 21.7 Å². The van der Waals surface area contributed by atoms with Gasteiger partial charge in [-0.3, -0.25) is 4.98 Å². The van der Waals surface area contributed by atoms with E-state index in [1.54, 1.807) is 0 Å². The molecule has 16 unspecified atom stereocenters. The SMILES string of the molecule is C.C.CC.CC1C(C)N(C)C(C)CC1C(C)(C)C.CC1C(C)N(C)CC1C(C)(C)C.CC1CC(C(C)(C)C)C(C)C(C)C1C.CC1CC(C(C)(C)C)C(C)C1C.Cc1c(C(C)(C)C)cc2c(c1C)OCCCN2C.Cc1c(C(C)(C)C)cc2c(c1C)OCCN2C.Cc1cc(C(C)(C)C)c(C)c(C)c1C.Cc1cc(C(C)(C)C)c(C)c(C)n1. The summed E-state index contributed by atoms with van der Waals surface area (Å²) in [6.45, 7) is 118. The van der Waals surface area contributed by atoms with E-state index in [-0.39, 0.29) is 36.5 Å². The van der Waals surface area contributed by atoms with E-state index >= 15 is 0 Å². The second-order valence-electron chi connectivity index (χ2n) is 47.1. The Kier molecular flexibility index (Phi) is 43.6. The van der Waals surface area contributed by atoms with Gasteiger partial charge in [-0.15, -0.1) is 0 Å². The minimum absolute atomic E-state index is 0.